The summed E-state index contributed by atoms with van der Waals surface area (Å²) in [6, 6.07) is 12.1. The van der Waals surface area contributed by atoms with Crippen molar-refractivity contribution in [2.24, 2.45) is 5.92 Å². The van der Waals surface area contributed by atoms with Crippen LogP contribution in [-0.4, -0.2) is 22.6 Å². The lowest BCUT2D eigenvalue weighted by molar-refractivity contribution is 0.436. The van der Waals surface area contributed by atoms with Crippen LogP contribution in [0.1, 0.15) is 44.1 Å². The molecule has 5 rings (SSSR count). The topological polar surface area (TPSA) is 42.5 Å². The van der Waals surface area contributed by atoms with Crippen molar-refractivity contribution in [2.75, 3.05) is 18.0 Å². The second kappa shape index (κ2) is 8.64. The summed E-state index contributed by atoms with van der Waals surface area (Å²) in [5.41, 5.74) is 1.84. The Morgan fingerprint density at radius 2 is 1.79 bits per heavy atom. The molecule has 1 aliphatic carbocycles. The van der Waals surface area contributed by atoms with Gasteiger partial charge < -0.3 is 4.90 Å². The summed E-state index contributed by atoms with van der Waals surface area (Å²) in [6.45, 7) is 10.9. The van der Waals surface area contributed by atoms with Gasteiger partial charge in [-0.05, 0) is 61.3 Å². The molecule has 3 aromatic rings. The van der Waals surface area contributed by atoms with Gasteiger partial charge in [0.1, 0.15) is 16.7 Å². The summed E-state index contributed by atoms with van der Waals surface area (Å²) in [5.74, 6) is 1.31. The molecule has 33 heavy (non-hydrogen) atoms. The van der Waals surface area contributed by atoms with Gasteiger partial charge in [0.15, 0.2) is 5.82 Å². The predicted octanol–water partition coefficient (Wildman–Crippen LogP) is 6.36. The maximum absolute atomic E-state index is 14.5. The molecule has 0 unspecified atom stereocenters. The van der Waals surface area contributed by atoms with Crippen LogP contribution in [0.5, 0.6) is 0 Å². The van der Waals surface area contributed by atoms with E-state index in [-0.39, 0.29) is 16.3 Å². The van der Waals surface area contributed by atoms with Crippen LogP contribution in [0.2, 0.25) is 5.02 Å². The molecule has 0 bridgehead atoms. The molecular weight excluding hydrogens is 439 g/mol. The van der Waals surface area contributed by atoms with Gasteiger partial charge in [-0.25, -0.2) is 14.2 Å². The molecule has 1 saturated carbocycles. The number of aromatic nitrogens is 2. The van der Waals surface area contributed by atoms with E-state index in [0.717, 1.165) is 25.9 Å². The molecular formula is C26H24ClFN4O. The lowest BCUT2D eigenvalue weighted by Crippen LogP contribution is -2.36. The molecule has 7 heteroatoms. The second-order valence-corrected chi connectivity index (χ2v) is 9.40. The molecule has 0 spiro atoms. The first-order valence-corrected chi connectivity index (χ1v) is 11.7. The van der Waals surface area contributed by atoms with Crippen molar-refractivity contribution < 1.29 is 4.39 Å². The zero-order chi connectivity index (χ0) is 23.1. The van der Waals surface area contributed by atoms with Gasteiger partial charge in [-0.2, -0.15) is 0 Å². The van der Waals surface area contributed by atoms with Crippen LogP contribution in [0.25, 0.3) is 21.9 Å². The SMILES string of the molecule is [C-]#[N+]c1ccc(-c2nc(N3CCC(C)CC3)c(Cl)c(=O)n2-c2ccc(C3CC3)cc2)cc1F. The quantitative estimate of drug-likeness (QED) is 0.424. The van der Waals surface area contributed by atoms with Gasteiger partial charge in [0.25, 0.3) is 5.56 Å². The number of rotatable bonds is 4. The highest BCUT2D eigenvalue weighted by Crippen LogP contribution is 2.40. The molecule has 168 valence electrons. The maximum atomic E-state index is 14.5. The van der Waals surface area contributed by atoms with Gasteiger partial charge in [0.2, 0.25) is 5.69 Å². The van der Waals surface area contributed by atoms with Crippen LogP contribution in [0.15, 0.2) is 47.3 Å². The molecule has 5 nitrogen and oxygen atoms in total. The molecule has 1 aromatic heterocycles. The van der Waals surface area contributed by atoms with E-state index in [4.69, 9.17) is 23.2 Å². The van der Waals surface area contributed by atoms with E-state index in [0.29, 0.717) is 34.7 Å². The molecule has 0 amide bonds. The van der Waals surface area contributed by atoms with Crippen LogP contribution in [-0.2, 0) is 0 Å². The minimum absolute atomic E-state index is 0.0674. The van der Waals surface area contributed by atoms with Crippen molar-refractivity contribution in [1.29, 1.82) is 0 Å². The summed E-state index contributed by atoms with van der Waals surface area (Å²) in [4.78, 5) is 23.6. The Hall–Kier alpha value is -3.17. The molecule has 0 radical (unpaired) electrons. The first-order chi connectivity index (χ1) is 16.0. The lowest BCUT2D eigenvalue weighted by atomic mass is 9.99. The monoisotopic (exact) mass is 462 g/mol. The summed E-state index contributed by atoms with van der Waals surface area (Å²) >= 11 is 6.60. The Morgan fingerprint density at radius 3 is 2.39 bits per heavy atom. The smallest absolute Gasteiger partial charge is 0.279 e. The van der Waals surface area contributed by atoms with Crippen molar-refractivity contribution in [3.8, 4) is 17.1 Å². The zero-order valence-corrected chi connectivity index (χ0v) is 19.1. The van der Waals surface area contributed by atoms with Crippen LogP contribution in [0.3, 0.4) is 0 Å². The third-order valence-corrected chi connectivity index (χ3v) is 6.95. The molecule has 0 N–H and O–H groups in total. The van der Waals surface area contributed by atoms with Crippen LogP contribution < -0.4 is 10.5 Å². The van der Waals surface area contributed by atoms with Gasteiger partial charge in [0, 0.05) is 18.7 Å². The standard InChI is InChI=1S/C26H24ClFN4O/c1-16-11-13-31(14-12-16)25-23(27)26(33)32(20-8-5-18(6-9-20)17-3-4-17)24(30-25)19-7-10-22(29-2)21(28)15-19/h5-10,15-17H,3-4,11-14H2,1H3. The minimum atomic E-state index is -0.643. The molecule has 1 saturated heterocycles. The van der Waals surface area contributed by atoms with E-state index >= 15 is 0 Å². The van der Waals surface area contributed by atoms with E-state index in [1.165, 1.54) is 35.1 Å². The van der Waals surface area contributed by atoms with Gasteiger partial charge in [-0.1, -0.05) is 42.8 Å². The Kier molecular flexibility index (Phi) is 5.67. The Balaban J connectivity index is 1.68. The van der Waals surface area contributed by atoms with Crippen molar-refractivity contribution >= 4 is 23.1 Å². The van der Waals surface area contributed by atoms with Gasteiger partial charge in [-0.15, -0.1) is 0 Å². The number of hydrogen-bond donors (Lipinski definition) is 0. The van der Waals surface area contributed by atoms with E-state index in [9.17, 15) is 9.18 Å². The number of halogens is 2. The molecule has 0 atom stereocenters. The fourth-order valence-electron chi connectivity index (χ4n) is 4.40. The predicted molar refractivity (Wildman–Crippen MR) is 129 cm³/mol. The number of piperidine rings is 1. The molecule has 2 fully saturated rings. The normalized spacial score (nSPS) is 16.6. The van der Waals surface area contributed by atoms with Gasteiger partial charge >= 0.3 is 0 Å². The van der Waals surface area contributed by atoms with Crippen LogP contribution in [0, 0.1) is 18.3 Å². The molecule has 2 heterocycles. The second-order valence-electron chi connectivity index (χ2n) is 9.03. The number of benzene rings is 2. The largest absolute Gasteiger partial charge is 0.355 e. The fourth-order valence-corrected chi connectivity index (χ4v) is 4.65. The average Bonchev–Trinajstić information content (AvgIpc) is 3.67. The summed E-state index contributed by atoms with van der Waals surface area (Å²) in [5, 5.41) is 0.0674. The minimum Gasteiger partial charge on any atom is -0.355 e. The first kappa shape index (κ1) is 21.7. The van der Waals surface area contributed by atoms with Crippen molar-refractivity contribution in [1.82, 2.24) is 9.55 Å². The molecule has 2 aliphatic rings. The van der Waals surface area contributed by atoms with E-state index in [1.54, 1.807) is 6.07 Å². The third kappa shape index (κ3) is 4.14. The highest BCUT2D eigenvalue weighted by atomic mass is 35.5. The number of anilines is 1. The van der Waals surface area contributed by atoms with Crippen molar-refractivity contribution in [3.05, 3.63) is 80.6 Å². The third-order valence-electron chi connectivity index (χ3n) is 6.62. The maximum Gasteiger partial charge on any atom is 0.279 e. The lowest BCUT2D eigenvalue weighted by Gasteiger charge is -2.32. The Labute approximate surface area is 197 Å². The highest BCUT2D eigenvalue weighted by Gasteiger charge is 2.26. The molecule has 1 aliphatic heterocycles. The molecule has 2 aromatic carbocycles. The summed E-state index contributed by atoms with van der Waals surface area (Å²) in [7, 11) is 0. The van der Waals surface area contributed by atoms with Gasteiger partial charge in [0.05, 0.1) is 12.3 Å². The average molecular weight is 463 g/mol. The zero-order valence-electron chi connectivity index (χ0n) is 18.4. The van der Waals surface area contributed by atoms with Crippen LogP contribution >= 0.6 is 11.6 Å². The first-order valence-electron chi connectivity index (χ1n) is 11.3. The van der Waals surface area contributed by atoms with Gasteiger partial charge in [-0.3, -0.25) is 9.36 Å². The fraction of sp³-hybridized carbons (Fsp3) is 0.346. The Bertz CT molecular complexity index is 1300. The van der Waals surface area contributed by atoms with Crippen molar-refractivity contribution in [3.63, 3.8) is 0 Å². The summed E-state index contributed by atoms with van der Waals surface area (Å²) < 4.78 is 16.0. The number of hydrogen-bond acceptors (Lipinski definition) is 3. The Morgan fingerprint density at radius 1 is 1.09 bits per heavy atom. The van der Waals surface area contributed by atoms with Crippen LogP contribution in [0.4, 0.5) is 15.9 Å². The van der Waals surface area contributed by atoms with E-state index < -0.39 is 5.82 Å². The van der Waals surface area contributed by atoms with E-state index in [1.807, 2.05) is 29.2 Å². The van der Waals surface area contributed by atoms with E-state index in [2.05, 4.69) is 11.8 Å². The highest BCUT2D eigenvalue weighted by molar-refractivity contribution is 6.32. The van der Waals surface area contributed by atoms with Crippen molar-refractivity contribution in [2.45, 2.75) is 38.5 Å². The summed E-state index contributed by atoms with van der Waals surface area (Å²) in [6.07, 6.45) is 4.36. The number of nitrogens with zero attached hydrogens (tertiary/aromatic N) is 4.